The smallest absolute Gasteiger partial charge is 0.467 e. The molecule has 0 saturated heterocycles. The summed E-state index contributed by atoms with van der Waals surface area (Å²) in [6.07, 6.45) is 0.484. The Morgan fingerprint density at radius 1 is 1.17 bits per heavy atom. The van der Waals surface area contributed by atoms with Gasteiger partial charge in [-0.05, 0) is 23.4 Å². The van der Waals surface area contributed by atoms with E-state index in [1.54, 1.807) is 31.2 Å². The molecule has 2 aromatic carbocycles. The largest absolute Gasteiger partial charge is 0.534 e. The number of halogens is 3. The molecule has 0 spiro atoms. The summed E-state index contributed by atoms with van der Waals surface area (Å²) in [6.45, 7) is 1.65. The van der Waals surface area contributed by atoms with Crippen molar-refractivity contribution in [2.24, 2.45) is 0 Å². The van der Waals surface area contributed by atoms with E-state index in [1.807, 2.05) is 0 Å². The number of rotatable bonds is 6. The second-order valence-corrected chi connectivity index (χ2v) is 6.36. The van der Waals surface area contributed by atoms with Crippen molar-refractivity contribution in [2.75, 3.05) is 13.9 Å². The number of hydrogen-bond donors (Lipinski definition) is 0. The lowest BCUT2D eigenvalue weighted by Gasteiger charge is -2.15. The molecule has 0 saturated carbocycles. The minimum absolute atomic E-state index is 0.130. The minimum atomic E-state index is -5.79. The highest BCUT2D eigenvalue weighted by Gasteiger charge is 2.48. The molecule has 0 radical (unpaired) electrons. The maximum Gasteiger partial charge on any atom is 0.534 e. The first-order valence-corrected chi connectivity index (χ1v) is 8.28. The maximum atomic E-state index is 12.6. The molecule has 2 rings (SSSR count). The quantitative estimate of drug-likeness (QED) is 0.445. The molecular weight excluding hydrogens is 349 g/mol. The average Bonchev–Trinajstić information content (AvgIpc) is 2.50. The van der Waals surface area contributed by atoms with Crippen LogP contribution >= 0.6 is 0 Å². The zero-order valence-electron chi connectivity index (χ0n) is 12.9. The zero-order chi connectivity index (χ0) is 18.0. The monoisotopic (exact) mass is 364 g/mol. The Morgan fingerprint density at radius 3 is 2.46 bits per heavy atom. The van der Waals surface area contributed by atoms with Crippen LogP contribution in [0.2, 0.25) is 0 Å². The second-order valence-electron chi connectivity index (χ2n) is 4.82. The molecule has 0 N–H and O–H groups in total. The Bertz CT molecular complexity index is 831. The standard InChI is InChI=1S/C15H15F3O5S/c1-3-10-5-4-6-11-7-12(22-9-21-2)8-13(14(10)11)23-24(19,20)15(16,17)18/h4-8H,3,9H2,1-2H3. The van der Waals surface area contributed by atoms with Gasteiger partial charge in [0, 0.05) is 18.6 Å². The van der Waals surface area contributed by atoms with Crippen molar-refractivity contribution >= 4 is 20.9 Å². The zero-order valence-corrected chi connectivity index (χ0v) is 13.7. The predicted octanol–water partition coefficient (Wildman–Crippen LogP) is 3.61. The number of alkyl halides is 3. The lowest BCUT2D eigenvalue weighted by Crippen LogP contribution is -2.28. The first-order valence-electron chi connectivity index (χ1n) is 6.87. The number of ether oxygens (including phenoxy) is 2. The molecule has 132 valence electrons. The van der Waals surface area contributed by atoms with Gasteiger partial charge >= 0.3 is 15.6 Å². The third kappa shape index (κ3) is 3.73. The van der Waals surface area contributed by atoms with Crippen LogP contribution in [0.1, 0.15) is 12.5 Å². The predicted molar refractivity (Wildman–Crippen MR) is 81.4 cm³/mol. The van der Waals surface area contributed by atoms with Crippen molar-refractivity contribution in [1.29, 1.82) is 0 Å². The van der Waals surface area contributed by atoms with Gasteiger partial charge in [-0.2, -0.15) is 21.6 Å². The molecule has 0 unspecified atom stereocenters. The van der Waals surface area contributed by atoms with Crippen LogP contribution in [0, 0.1) is 0 Å². The van der Waals surface area contributed by atoms with Crippen molar-refractivity contribution in [3.05, 3.63) is 35.9 Å². The van der Waals surface area contributed by atoms with Crippen LogP contribution < -0.4 is 8.92 Å². The summed E-state index contributed by atoms with van der Waals surface area (Å²) >= 11 is 0. The molecule has 0 aromatic heterocycles. The Kier molecular flexibility index (Phi) is 5.24. The fourth-order valence-corrected chi connectivity index (χ4v) is 2.64. The van der Waals surface area contributed by atoms with Crippen molar-refractivity contribution < 1.29 is 35.2 Å². The summed E-state index contributed by atoms with van der Waals surface area (Å²) < 4.78 is 75.0. The van der Waals surface area contributed by atoms with E-state index in [9.17, 15) is 21.6 Å². The van der Waals surface area contributed by atoms with Crippen molar-refractivity contribution in [3.63, 3.8) is 0 Å². The highest BCUT2D eigenvalue weighted by Crippen LogP contribution is 2.37. The Hall–Kier alpha value is -2.00. The van der Waals surface area contributed by atoms with Crippen molar-refractivity contribution in [3.8, 4) is 11.5 Å². The van der Waals surface area contributed by atoms with Crippen LogP contribution in [0.4, 0.5) is 13.2 Å². The number of aryl methyl sites for hydroxylation is 1. The van der Waals surface area contributed by atoms with E-state index < -0.39 is 21.4 Å². The van der Waals surface area contributed by atoms with E-state index in [1.165, 1.54) is 7.11 Å². The summed E-state index contributed by atoms with van der Waals surface area (Å²) in [6, 6.07) is 7.69. The molecule has 0 aliphatic heterocycles. The second kappa shape index (κ2) is 6.86. The van der Waals surface area contributed by atoms with E-state index in [2.05, 4.69) is 4.18 Å². The molecule has 0 atom stereocenters. The fraction of sp³-hybridized carbons (Fsp3) is 0.333. The summed E-state index contributed by atoms with van der Waals surface area (Å²) in [4.78, 5) is 0. The van der Waals surface area contributed by atoms with Gasteiger partial charge in [0.2, 0.25) is 0 Å². The van der Waals surface area contributed by atoms with Gasteiger partial charge in [0.15, 0.2) is 12.5 Å². The molecule has 0 amide bonds. The molecule has 0 aliphatic carbocycles. The van der Waals surface area contributed by atoms with Gasteiger partial charge in [-0.25, -0.2) is 0 Å². The highest BCUT2D eigenvalue weighted by molar-refractivity contribution is 7.88. The molecule has 0 aliphatic rings. The van der Waals surface area contributed by atoms with Gasteiger partial charge in [0.1, 0.15) is 5.75 Å². The normalized spacial score (nSPS) is 12.4. The third-order valence-corrected chi connectivity index (χ3v) is 4.17. The van der Waals surface area contributed by atoms with Gasteiger partial charge < -0.3 is 13.7 Å². The number of benzene rings is 2. The Labute approximate surface area is 137 Å². The van der Waals surface area contributed by atoms with E-state index in [0.717, 1.165) is 6.07 Å². The summed E-state index contributed by atoms with van der Waals surface area (Å²) in [7, 11) is -4.41. The summed E-state index contributed by atoms with van der Waals surface area (Å²) in [5.41, 5.74) is -4.87. The molecule has 2 aromatic rings. The maximum absolute atomic E-state index is 12.6. The third-order valence-electron chi connectivity index (χ3n) is 3.21. The topological polar surface area (TPSA) is 61.8 Å². The van der Waals surface area contributed by atoms with Crippen molar-refractivity contribution in [2.45, 2.75) is 18.9 Å². The van der Waals surface area contributed by atoms with Gasteiger partial charge in [-0.3, -0.25) is 0 Å². The minimum Gasteiger partial charge on any atom is -0.467 e. The average molecular weight is 364 g/mol. The number of fused-ring (bicyclic) bond motifs is 1. The van der Waals surface area contributed by atoms with Crippen molar-refractivity contribution in [1.82, 2.24) is 0 Å². The van der Waals surface area contributed by atoms with Crippen LogP contribution in [0.5, 0.6) is 11.5 Å². The van der Waals surface area contributed by atoms with Crippen LogP contribution in [-0.4, -0.2) is 27.8 Å². The molecule has 5 nitrogen and oxygen atoms in total. The van der Waals surface area contributed by atoms with Crippen LogP contribution in [0.3, 0.4) is 0 Å². The van der Waals surface area contributed by atoms with Gasteiger partial charge in [-0.1, -0.05) is 25.1 Å². The molecule has 9 heteroatoms. The highest BCUT2D eigenvalue weighted by atomic mass is 32.2. The van der Waals surface area contributed by atoms with Crippen LogP contribution in [-0.2, 0) is 21.3 Å². The molecule has 0 heterocycles. The first-order chi connectivity index (χ1) is 11.2. The molecule has 0 fully saturated rings. The summed E-state index contributed by atoms with van der Waals surface area (Å²) in [5, 5.41) is 0.785. The van der Waals surface area contributed by atoms with E-state index in [4.69, 9.17) is 9.47 Å². The van der Waals surface area contributed by atoms with Gasteiger partial charge in [0.05, 0.1) is 0 Å². The molecule has 24 heavy (non-hydrogen) atoms. The Morgan fingerprint density at radius 2 is 1.88 bits per heavy atom. The molecular formula is C15H15F3O5S. The fourth-order valence-electron chi connectivity index (χ4n) is 2.17. The lowest BCUT2D eigenvalue weighted by atomic mass is 10.0. The Balaban J connectivity index is 2.64. The number of hydrogen-bond acceptors (Lipinski definition) is 5. The SMILES string of the molecule is CCc1cccc2cc(OCOC)cc(OS(=O)(=O)C(F)(F)F)c12. The summed E-state index contributed by atoms with van der Waals surface area (Å²) in [5.74, 6) is -0.307. The van der Waals surface area contributed by atoms with Crippen LogP contribution in [0.25, 0.3) is 10.8 Å². The molecule has 0 bridgehead atoms. The van der Waals surface area contributed by atoms with E-state index in [-0.39, 0.29) is 17.9 Å². The number of methoxy groups -OCH3 is 1. The van der Waals surface area contributed by atoms with E-state index >= 15 is 0 Å². The van der Waals surface area contributed by atoms with Gasteiger partial charge in [0.25, 0.3) is 0 Å². The van der Waals surface area contributed by atoms with Crippen LogP contribution in [0.15, 0.2) is 30.3 Å². The first kappa shape index (κ1) is 18.3. The van der Waals surface area contributed by atoms with Gasteiger partial charge in [-0.15, -0.1) is 0 Å². The van der Waals surface area contributed by atoms with E-state index in [0.29, 0.717) is 17.4 Å². The lowest BCUT2D eigenvalue weighted by molar-refractivity contribution is -0.0499.